The lowest BCUT2D eigenvalue weighted by Gasteiger charge is -2.02. The number of ether oxygens (including phenoxy) is 1. The van der Waals surface area contributed by atoms with Crippen LogP contribution >= 0.6 is 0 Å². The van der Waals surface area contributed by atoms with E-state index in [1.807, 2.05) is 6.92 Å². The summed E-state index contributed by atoms with van der Waals surface area (Å²) in [6, 6.07) is 0.00975. The van der Waals surface area contributed by atoms with E-state index in [9.17, 15) is 8.78 Å². The van der Waals surface area contributed by atoms with Crippen LogP contribution in [-0.4, -0.2) is 35.8 Å². The van der Waals surface area contributed by atoms with Gasteiger partial charge in [-0.2, -0.15) is 4.98 Å². The fraction of sp³-hybridized carbons (Fsp3) is 0.800. The van der Waals surface area contributed by atoms with Crippen molar-refractivity contribution >= 4 is 0 Å². The molecule has 1 unspecified atom stereocenters. The first-order chi connectivity index (χ1) is 8.11. The van der Waals surface area contributed by atoms with Gasteiger partial charge in [0.25, 0.3) is 6.43 Å². The number of hydrogen-bond acceptors (Lipinski definition) is 5. The first-order valence-corrected chi connectivity index (χ1v) is 5.54. The molecule has 1 atom stereocenters. The zero-order chi connectivity index (χ0) is 12.7. The molecule has 0 saturated heterocycles. The second-order valence-corrected chi connectivity index (χ2v) is 3.69. The number of hydrogen-bond donors (Lipinski definition) is 1. The van der Waals surface area contributed by atoms with Crippen LogP contribution in [0, 0.1) is 0 Å². The summed E-state index contributed by atoms with van der Waals surface area (Å²) in [5.74, 6) is 0.931. The third kappa shape index (κ3) is 5.69. The minimum Gasteiger partial charge on any atom is -0.375 e. The van der Waals surface area contributed by atoms with Crippen molar-refractivity contribution < 1.29 is 18.0 Å². The molecule has 0 radical (unpaired) electrons. The predicted molar refractivity (Wildman–Crippen MR) is 56.8 cm³/mol. The fourth-order valence-electron chi connectivity index (χ4n) is 1.19. The van der Waals surface area contributed by atoms with Crippen molar-refractivity contribution in [2.45, 2.75) is 38.7 Å². The Labute approximate surface area is 98.3 Å². The van der Waals surface area contributed by atoms with Gasteiger partial charge in [0.1, 0.15) is 6.61 Å². The third-order valence-corrected chi connectivity index (χ3v) is 2.18. The number of halogens is 2. The maximum Gasteiger partial charge on any atom is 0.261 e. The SMILES string of the molecule is CCC(N)Cc1noc(CCOCC(F)F)n1. The van der Waals surface area contributed by atoms with E-state index in [1.165, 1.54) is 0 Å². The van der Waals surface area contributed by atoms with Crippen LogP contribution in [-0.2, 0) is 17.6 Å². The molecular weight excluding hydrogens is 232 g/mol. The molecule has 98 valence electrons. The minimum absolute atomic E-state index is 0.00975. The summed E-state index contributed by atoms with van der Waals surface area (Å²) in [5, 5.41) is 3.75. The van der Waals surface area contributed by atoms with Gasteiger partial charge in [0.15, 0.2) is 5.82 Å². The van der Waals surface area contributed by atoms with Crippen LogP contribution in [0.4, 0.5) is 8.78 Å². The molecule has 1 rings (SSSR count). The van der Waals surface area contributed by atoms with Gasteiger partial charge >= 0.3 is 0 Å². The minimum atomic E-state index is -2.45. The molecule has 2 N–H and O–H groups in total. The van der Waals surface area contributed by atoms with Crippen molar-refractivity contribution in [1.29, 1.82) is 0 Å². The van der Waals surface area contributed by atoms with Crippen LogP contribution in [0.25, 0.3) is 0 Å². The van der Waals surface area contributed by atoms with Crippen molar-refractivity contribution in [3.05, 3.63) is 11.7 Å². The van der Waals surface area contributed by atoms with Gasteiger partial charge in [-0.25, -0.2) is 8.78 Å². The summed E-state index contributed by atoms with van der Waals surface area (Å²) >= 11 is 0. The summed E-state index contributed by atoms with van der Waals surface area (Å²) in [5.41, 5.74) is 5.74. The summed E-state index contributed by atoms with van der Waals surface area (Å²) in [6.07, 6.45) is -0.726. The van der Waals surface area contributed by atoms with E-state index in [0.717, 1.165) is 6.42 Å². The van der Waals surface area contributed by atoms with Crippen LogP contribution < -0.4 is 5.73 Å². The molecule has 1 aromatic heterocycles. The first kappa shape index (κ1) is 14.0. The van der Waals surface area contributed by atoms with Gasteiger partial charge in [-0.05, 0) is 6.42 Å². The molecule has 0 spiro atoms. The molecule has 1 heterocycles. The number of nitrogens with two attached hydrogens (primary N) is 1. The Morgan fingerprint density at radius 3 is 2.88 bits per heavy atom. The Morgan fingerprint density at radius 2 is 2.24 bits per heavy atom. The van der Waals surface area contributed by atoms with Gasteiger partial charge in [-0.15, -0.1) is 0 Å². The fourth-order valence-corrected chi connectivity index (χ4v) is 1.19. The summed E-state index contributed by atoms with van der Waals surface area (Å²) in [7, 11) is 0. The molecule has 0 saturated carbocycles. The third-order valence-electron chi connectivity index (χ3n) is 2.18. The predicted octanol–water partition coefficient (Wildman–Crippen LogP) is 1.17. The zero-order valence-electron chi connectivity index (χ0n) is 9.73. The highest BCUT2D eigenvalue weighted by Crippen LogP contribution is 2.03. The van der Waals surface area contributed by atoms with Crippen LogP contribution in [0.3, 0.4) is 0 Å². The van der Waals surface area contributed by atoms with E-state index in [0.29, 0.717) is 24.6 Å². The maximum absolute atomic E-state index is 11.8. The van der Waals surface area contributed by atoms with Crippen molar-refractivity contribution in [1.82, 2.24) is 10.1 Å². The summed E-state index contributed by atoms with van der Waals surface area (Å²) in [4.78, 5) is 4.09. The lowest BCUT2D eigenvalue weighted by molar-refractivity contribution is 0.0171. The highest BCUT2D eigenvalue weighted by atomic mass is 19.3. The van der Waals surface area contributed by atoms with Crippen molar-refractivity contribution in [3.8, 4) is 0 Å². The van der Waals surface area contributed by atoms with E-state index in [-0.39, 0.29) is 12.6 Å². The Kier molecular flexibility index (Phi) is 5.99. The highest BCUT2D eigenvalue weighted by Gasteiger charge is 2.10. The molecule has 0 aromatic carbocycles. The van der Waals surface area contributed by atoms with Gasteiger partial charge in [-0.1, -0.05) is 12.1 Å². The van der Waals surface area contributed by atoms with E-state index in [1.54, 1.807) is 0 Å². The maximum atomic E-state index is 11.8. The lowest BCUT2D eigenvalue weighted by atomic mass is 10.2. The zero-order valence-corrected chi connectivity index (χ0v) is 9.73. The Morgan fingerprint density at radius 1 is 1.47 bits per heavy atom. The highest BCUT2D eigenvalue weighted by molar-refractivity contribution is 4.89. The van der Waals surface area contributed by atoms with Crippen LogP contribution in [0.2, 0.25) is 0 Å². The normalized spacial score (nSPS) is 13.2. The monoisotopic (exact) mass is 249 g/mol. The molecule has 1 aromatic rings. The smallest absolute Gasteiger partial charge is 0.261 e. The quantitative estimate of drug-likeness (QED) is 0.700. The molecular formula is C10H17F2N3O2. The number of alkyl halides is 2. The number of rotatable bonds is 8. The number of aromatic nitrogens is 2. The second kappa shape index (κ2) is 7.29. The van der Waals surface area contributed by atoms with Crippen LogP contribution in [0.5, 0.6) is 0 Å². The molecule has 17 heavy (non-hydrogen) atoms. The van der Waals surface area contributed by atoms with Crippen molar-refractivity contribution in [2.75, 3.05) is 13.2 Å². The lowest BCUT2D eigenvalue weighted by Crippen LogP contribution is -2.22. The number of nitrogens with zero attached hydrogens (tertiary/aromatic N) is 2. The summed E-state index contributed by atoms with van der Waals surface area (Å²) < 4.78 is 33.2. The van der Waals surface area contributed by atoms with Gasteiger partial charge in [0, 0.05) is 12.5 Å². The van der Waals surface area contributed by atoms with Crippen molar-refractivity contribution in [3.63, 3.8) is 0 Å². The molecule has 0 amide bonds. The van der Waals surface area contributed by atoms with Gasteiger partial charge in [0.2, 0.25) is 5.89 Å². The molecule has 7 heteroatoms. The molecule has 0 aliphatic heterocycles. The Hall–Kier alpha value is -1.08. The summed E-state index contributed by atoms with van der Waals surface area (Å²) in [6.45, 7) is 1.55. The molecule has 0 bridgehead atoms. The molecule has 0 fully saturated rings. The van der Waals surface area contributed by atoms with E-state index < -0.39 is 13.0 Å². The Bertz CT molecular complexity index is 320. The second-order valence-electron chi connectivity index (χ2n) is 3.69. The molecule has 0 aliphatic rings. The van der Waals surface area contributed by atoms with E-state index >= 15 is 0 Å². The van der Waals surface area contributed by atoms with Crippen molar-refractivity contribution in [2.24, 2.45) is 5.73 Å². The molecule has 0 aliphatic carbocycles. The average Bonchev–Trinajstić information content (AvgIpc) is 2.72. The van der Waals surface area contributed by atoms with E-state index in [2.05, 4.69) is 10.1 Å². The standard InChI is InChI=1S/C10H17F2N3O2/c1-2-7(13)5-9-14-10(17-15-9)3-4-16-6-8(11)12/h7-8H,2-6,13H2,1H3. The average molecular weight is 249 g/mol. The Balaban J connectivity index is 2.26. The van der Waals surface area contributed by atoms with Gasteiger partial charge in [0.05, 0.1) is 13.0 Å². The van der Waals surface area contributed by atoms with E-state index in [4.69, 9.17) is 15.0 Å². The first-order valence-electron chi connectivity index (χ1n) is 5.54. The molecule has 5 nitrogen and oxygen atoms in total. The topological polar surface area (TPSA) is 74.2 Å². The largest absolute Gasteiger partial charge is 0.375 e. The van der Waals surface area contributed by atoms with Gasteiger partial charge < -0.3 is 15.0 Å². The van der Waals surface area contributed by atoms with Crippen LogP contribution in [0.1, 0.15) is 25.1 Å². The van der Waals surface area contributed by atoms with Crippen LogP contribution in [0.15, 0.2) is 4.52 Å². The van der Waals surface area contributed by atoms with Gasteiger partial charge in [-0.3, -0.25) is 0 Å².